The summed E-state index contributed by atoms with van der Waals surface area (Å²) in [6, 6.07) is 5.76. The van der Waals surface area contributed by atoms with E-state index in [4.69, 9.17) is 0 Å². The summed E-state index contributed by atoms with van der Waals surface area (Å²) in [7, 11) is 0. The molecule has 1 fully saturated rings. The standard InChI is InChI=1S/C18H21NO3/c1-10-3-8-14(9-11(10)2)19-17(20)15-12-4-6-13(7-5-12)16(15)18(21)22/h3-4,6,8-9,12-13,15-16H,5,7H2,1-2H3,(H,19,20)(H,21,22). The number of carbonyl (C=O) groups is 2. The van der Waals surface area contributed by atoms with Gasteiger partial charge in [-0.3, -0.25) is 9.59 Å². The minimum absolute atomic E-state index is 0.0157. The normalized spacial score (nSPS) is 29.4. The zero-order chi connectivity index (χ0) is 15.9. The highest BCUT2D eigenvalue weighted by atomic mass is 16.4. The molecular formula is C18H21NO3. The fourth-order valence-corrected chi connectivity index (χ4v) is 3.73. The SMILES string of the molecule is Cc1ccc(NC(=O)C2C3C=CC(CC3)C2C(=O)O)cc1C. The second-order valence-corrected chi connectivity index (χ2v) is 6.47. The van der Waals surface area contributed by atoms with Crippen LogP contribution in [0.3, 0.4) is 0 Å². The summed E-state index contributed by atoms with van der Waals surface area (Å²) in [6.45, 7) is 4.02. The molecule has 2 bridgehead atoms. The number of carboxylic acids is 1. The van der Waals surface area contributed by atoms with Gasteiger partial charge < -0.3 is 10.4 Å². The van der Waals surface area contributed by atoms with Gasteiger partial charge in [0, 0.05) is 5.69 Å². The van der Waals surface area contributed by atoms with Gasteiger partial charge in [-0.15, -0.1) is 0 Å². The van der Waals surface area contributed by atoms with Crippen LogP contribution in [0.4, 0.5) is 5.69 Å². The molecule has 0 radical (unpaired) electrons. The molecule has 1 aromatic rings. The van der Waals surface area contributed by atoms with Gasteiger partial charge in [0.05, 0.1) is 11.8 Å². The maximum absolute atomic E-state index is 12.7. The number of carboxylic acid groups (broad SMARTS) is 1. The van der Waals surface area contributed by atoms with Crippen LogP contribution in [-0.2, 0) is 9.59 Å². The minimum Gasteiger partial charge on any atom is -0.481 e. The van der Waals surface area contributed by atoms with Crippen LogP contribution in [0, 0.1) is 37.5 Å². The van der Waals surface area contributed by atoms with Crippen LogP contribution < -0.4 is 5.32 Å². The number of allylic oxidation sites excluding steroid dienone is 2. The van der Waals surface area contributed by atoms with Crippen molar-refractivity contribution in [1.29, 1.82) is 0 Å². The molecule has 3 aliphatic carbocycles. The first kappa shape index (κ1) is 14.8. The summed E-state index contributed by atoms with van der Waals surface area (Å²) in [5, 5.41) is 12.4. The lowest BCUT2D eigenvalue weighted by Crippen LogP contribution is -2.47. The highest BCUT2D eigenvalue weighted by Gasteiger charge is 2.48. The molecule has 4 unspecified atom stereocenters. The van der Waals surface area contributed by atoms with Crippen LogP contribution in [-0.4, -0.2) is 17.0 Å². The van der Waals surface area contributed by atoms with Crippen molar-refractivity contribution in [2.45, 2.75) is 26.7 Å². The van der Waals surface area contributed by atoms with Crippen LogP contribution in [0.5, 0.6) is 0 Å². The van der Waals surface area contributed by atoms with Gasteiger partial charge in [0.25, 0.3) is 0 Å². The molecule has 0 saturated heterocycles. The van der Waals surface area contributed by atoms with E-state index in [1.165, 1.54) is 5.56 Å². The smallest absolute Gasteiger partial charge is 0.307 e. The molecule has 22 heavy (non-hydrogen) atoms. The first-order valence-electron chi connectivity index (χ1n) is 7.76. The number of carbonyl (C=O) groups excluding carboxylic acids is 1. The van der Waals surface area contributed by atoms with Gasteiger partial charge in [0.15, 0.2) is 0 Å². The Kier molecular flexibility index (Phi) is 3.77. The van der Waals surface area contributed by atoms with E-state index < -0.39 is 17.8 Å². The van der Waals surface area contributed by atoms with Gasteiger partial charge in [-0.05, 0) is 61.8 Å². The number of fused-ring (bicyclic) bond motifs is 2. The highest BCUT2D eigenvalue weighted by Crippen LogP contribution is 2.45. The Morgan fingerprint density at radius 2 is 1.68 bits per heavy atom. The molecule has 4 heteroatoms. The molecular weight excluding hydrogens is 278 g/mol. The average molecular weight is 299 g/mol. The summed E-state index contributed by atoms with van der Waals surface area (Å²) >= 11 is 0. The van der Waals surface area contributed by atoms with Gasteiger partial charge in [-0.25, -0.2) is 0 Å². The van der Waals surface area contributed by atoms with E-state index in [9.17, 15) is 14.7 Å². The van der Waals surface area contributed by atoms with E-state index >= 15 is 0 Å². The molecule has 0 heterocycles. The molecule has 1 amide bonds. The highest BCUT2D eigenvalue weighted by molar-refractivity contribution is 5.96. The molecule has 1 aromatic carbocycles. The molecule has 2 N–H and O–H groups in total. The zero-order valence-electron chi connectivity index (χ0n) is 12.9. The summed E-state index contributed by atoms with van der Waals surface area (Å²) < 4.78 is 0. The molecule has 1 saturated carbocycles. The number of benzene rings is 1. The van der Waals surface area contributed by atoms with Gasteiger partial charge >= 0.3 is 5.97 Å². The number of hydrogen-bond acceptors (Lipinski definition) is 2. The Balaban J connectivity index is 1.82. The summed E-state index contributed by atoms with van der Waals surface area (Å²) in [5.41, 5.74) is 3.02. The number of hydrogen-bond donors (Lipinski definition) is 2. The van der Waals surface area contributed by atoms with Crippen molar-refractivity contribution in [2.24, 2.45) is 23.7 Å². The number of amides is 1. The van der Waals surface area contributed by atoms with Crippen molar-refractivity contribution < 1.29 is 14.7 Å². The van der Waals surface area contributed by atoms with Crippen LogP contribution in [0.25, 0.3) is 0 Å². The Bertz CT molecular complexity index is 650. The fraction of sp³-hybridized carbons (Fsp3) is 0.444. The fourth-order valence-electron chi connectivity index (χ4n) is 3.73. The third-order valence-electron chi connectivity index (χ3n) is 5.11. The maximum atomic E-state index is 12.7. The molecule has 0 aliphatic heterocycles. The summed E-state index contributed by atoms with van der Waals surface area (Å²) in [5.74, 6) is -2.08. The summed E-state index contributed by atoms with van der Waals surface area (Å²) in [4.78, 5) is 24.3. The zero-order valence-corrected chi connectivity index (χ0v) is 12.9. The minimum atomic E-state index is -0.862. The first-order valence-corrected chi connectivity index (χ1v) is 7.76. The predicted molar refractivity (Wildman–Crippen MR) is 84.5 cm³/mol. The van der Waals surface area contributed by atoms with E-state index in [-0.39, 0.29) is 17.7 Å². The van der Waals surface area contributed by atoms with Crippen LogP contribution in [0.2, 0.25) is 0 Å². The molecule has 4 nitrogen and oxygen atoms in total. The van der Waals surface area contributed by atoms with E-state index in [1.807, 2.05) is 44.2 Å². The van der Waals surface area contributed by atoms with E-state index in [2.05, 4.69) is 5.32 Å². The number of rotatable bonds is 3. The van der Waals surface area contributed by atoms with Crippen molar-refractivity contribution in [3.8, 4) is 0 Å². The van der Waals surface area contributed by atoms with E-state index in [0.717, 1.165) is 24.1 Å². The van der Waals surface area contributed by atoms with Crippen molar-refractivity contribution >= 4 is 17.6 Å². The topological polar surface area (TPSA) is 66.4 Å². The Hall–Kier alpha value is -2.10. The van der Waals surface area contributed by atoms with Crippen molar-refractivity contribution in [1.82, 2.24) is 0 Å². The average Bonchev–Trinajstić information content (AvgIpc) is 2.51. The number of aliphatic carboxylic acids is 1. The Morgan fingerprint density at radius 1 is 1.05 bits per heavy atom. The van der Waals surface area contributed by atoms with Crippen LogP contribution >= 0.6 is 0 Å². The predicted octanol–water partition coefficient (Wildman–Crippen LogP) is 3.15. The van der Waals surface area contributed by atoms with Crippen LogP contribution in [0.15, 0.2) is 30.4 Å². The van der Waals surface area contributed by atoms with E-state index in [0.29, 0.717) is 0 Å². The lowest BCUT2D eigenvalue weighted by molar-refractivity contribution is -0.151. The molecule has 116 valence electrons. The summed E-state index contributed by atoms with van der Waals surface area (Å²) in [6.07, 6.45) is 5.77. The molecule has 4 atom stereocenters. The van der Waals surface area contributed by atoms with Gasteiger partial charge in [-0.2, -0.15) is 0 Å². The quantitative estimate of drug-likeness (QED) is 0.843. The van der Waals surface area contributed by atoms with Crippen molar-refractivity contribution in [2.75, 3.05) is 5.32 Å². The molecule has 0 aromatic heterocycles. The Labute approximate surface area is 130 Å². The number of anilines is 1. The maximum Gasteiger partial charge on any atom is 0.307 e. The largest absolute Gasteiger partial charge is 0.481 e. The number of nitrogens with one attached hydrogen (secondary N) is 1. The molecule has 0 spiro atoms. The third kappa shape index (κ3) is 2.54. The lowest BCUT2D eigenvalue weighted by atomic mass is 9.62. The second kappa shape index (κ2) is 5.59. The van der Waals surface area contributed by atoms with Crippen molar-refractivity contribution in [3.05, 3.63) is 41.5 Å². The van der Waals surface area contributed by atoms with Crippen LogP contribution in [0.1, 0.15) is 24.0 Å². The third-order valence-corrected chi connectivity index (χ3v) is 5.11. The van der Waals surface area contributed by atoms with Gasteiger partial charge in [0.1, 0.15) is 0 Å². The van der Waals surface area contributed by atoms with E-state index in [1.54, 1.807) is 0 Å². The number of aryl methyl sites for hydroxylation is 2. The first-order chi connectivity index (χ1) is 10.5. The van der Waals surface area contributed by atoms with Crippen molar-refractivity contribution in [3.63, 3.8) is 0 Å². The lowest BCUT2D eigenvalue weighted by Gasteiger charge is -2.41. The molecule has 4 rings (SSSR count). The second-order valence-electron chi connectivity index (χ2n) is 6.47. The molecule has 3 aliphatic rings. The van der Waals surface area contributed by atoms with Gasteiger partial charge in [-0.1, -0.05) is 18.2 Å². The van der Waals surface area contributed by atoms with Gasteiger partial charge in [0.2, 0.25) is 5.91 Å². The monoisotopic (exact) mass is 299 g/mol. The Morgan fingerprint density at radius 3 is 2.23 bits per heavy atom.